The Balaban J connectivity index is 1.71. The van der Waals surface area contributed by atoms with Gasteiger partial charge in [0.2, 0.25) is 0 Å². The number of carbonyl (C=O) groups is 2. The van der Waals surface area contributed by atoms with E-state index in [0.717, 1.165) is 0 Å². The maximum absolute atomic E-state index is 12.5. The van der Waals surface area contributed by atoms with Gasteiger partial charge in [-0.05, 0) is 61.5 Å². The Kier molecular flexibility index (Phi) is 6.75. The molecule has 3 aromatic carbocycles. The van der Waals surface area contributed by atoms with Crippen LogP contribution in [0.25, 0.3) is 0 Å². The van der Waals surface area contributed by atoms with Crippen LogP contribution < -0.4 is 15.4 Å². The number of hydrogen-bond acceptors (Lipinski definition) is 3. The molecule has 0 bridgehead atoms. The highest BCUT2D eigenvalue weighted by atomic mass is 35.5. The molecule has 3 rings (SSSR count). The van der Waals surface area contributed by atoms with Crippen molar-refractivity contribution in [2.45, 2.75) is 6.92 Å². The second kappa shape index (κ2) is 9.45. The van der Waals surface area contributed by atoms with E-state index < -0.39 is 0 Å². The standard InChI is InChI=1S/C22H18Cl2N2O3/c1-2-29-18-8-3-5-14(11-18)21(27)25-16-6-4-7-17(13-16)26-22(28)19-10-9-15(23)12-20(19)24/h3-13H,2H2,1H3,(H,25,27)(H,26,28). The number of carbonyl (C=O) groups excluding carboxylic acids is 2. The van der Waals surface area contributed by atoms with Crippen molar-refractivity contribution in [3.8, 4) is 5.75 Å². The summed E-state index contributed by atoms with van der Waals surface area (Å²) in [5, 5.41) is 6.28. The predicted octanol–water partition coefficient (Wildman–Crippen LogP) is 5.90. The SMILES string of the molecule is CCOc1cccc(C(=O)Nc2cccc(NC(=O)c3ccc(Cl)cc3Cl)c2)c1. The second-order valence-corrected chi connectivity index (χ2v) is 6.92. The Morgan fingerprint density at radius 3 is 2.24 bits per heavy atom. The van der Waals surface area contributed by atoms with Crippen LogP contribution in [0.3, 0.4) is 0 Å². The molecule has 0 aliphatic heterocycles. The summed E-state index contributed by atoms with van der Waals surface area (Å²) in [4.78, 5) is 25.0. The number of anilines is 2. The third-order valence-electron chi connectivity index (χ3n) is 3.96. The van der Waals surface area contributed by atoms with Gasteiger partial charge in [0.25, 0.3) is 11.8 Å². The number of hydrogen-bond donors (Lipinski definition) is 2. The molecule has 5 nitrogen and oxygen atoms in total. The summed E-state index contributed by atoms with van der Waals surface area (Å²) in [5.41, 5.74) is 1.83. The lowest BCUT2D eigenvalue weighted by Crippen LogP contribution is -2.14. The predicted molar refractivity (Wildman–Crippen MR) is 116 cm³/mol. The number of benzene rings is 3. The molecule has 148 valence electrons. The summed E-state index contributed by atoms with van der Waals surface area (Å²) < 4.78 is 5.42. The minimum absolute atomic E-state index is 0.258. The van der Waals surface area contributed by atoms with E-state index in [2.05, 4.69) is 10.6 Å². The van der Waals surface area contributed by atoms with Gasteiger partial charge in [-0.3, -0.25) is 9.59 Å². The molecule has 7 heteroatoms. The van der Waals surface area contributed by atoms with Crippen molar-refractivity contribution in [1.29, 1.82) is 0 Å². The summed E-state index contributed by atoms with van der Waals surface area (Å²) in [6, 6.07) is 18.4. The third-order valence-corrected chi connectivity index (χ3v) is 4.51. The van der Waals surface area contributed by atoms with Crippen LogP contribution in [0.2, 0.25) is 10.0 Å². The third kappa shape index (κ3) is 5.50. The lowest BCUT2D eigenvalue weighted by Gasteiger charge is -2.10. The van der Waals surface area contributed by atoms with Gasteiger partial charge < -0.3 is 15.4 Å². The summed E-state index contributed by atoms with van der Waals surface area (Å²) in [6.07, 6.45) is 0. The average molecular weight is 429 g/mol. The molecule has 0 saturated heterocycles. The first-order valence-corrected chi connectivity index (χ1v) is 9.62. The maximum Gasteiger partial charge on any atom is 0.257 e. The van der Waals surface area contributed by atoms with Crippen LogP contribution in [0.1, 0.15) is 27.6 Å². The smallest absolute Gasteiger partial charge is 0.257 e. The molecule has 3 aromatic rings. The molecule has 0 atom stereocenters. The van der Waals surface area contributed by atoms with Gasteiger partial charge >= 0.3 is 0 Å². The van der Waals surface area contributed by atoms with E-state index >= 15 is 0 Å². The van der Waals surface area contributed by atoms with Crippen molar-refractivity contribution in [2.24, 2.45) is 0 Å². The van der Waals surface area contributed by atoms with Crippen LogP contribution in [-0.2, 0) is 0 Å². The average Bonchev–Trinajstić information content (AvgIpc) is 2.68. The molecular weight excluding hydrogens is 411 g/mol. The van der Waals surface area contributed by atoms with E-state index in [1.54, 1.807) is 60.7 Å². The maximum atomic E-state index is 12.5. The number of ether oxygens (including phenoxy) is 1. The van der Waals surface area contributed by atoms with E-state index in [-0.39, 0.29) is 16.8 Å². The lowest BCUT2D eigenvalue weighted by molar-refractivity contribution is 0.101. The van der Waals surface area contributed by atoms with Crippen LogP contribution >= 0.6 is 23.2 Å². The van der Waals surface area contributed by atoms with Gasteiger partial charge in [0.1, 0.15) is 5.75 Å². The van der Waals surface area contributed by atoms with Gasteiger partial charge in [0, 0.05) is 22.0 Å². The summed E-state index contributed by atoms with van der Waals surface area (Å²) in [7, 11) is 0. The minimum Gasteiger partial charge on any atom is -0.494 e. The van der Waals surface area contributed by atoms with Crippen molar-refractivity contribution >= 4 is 46.4 Å². The lowest BCUT2D eigenvalue weighted by atomic mass is 10.2. The zero-order chi connectivity index (χ0) is 20.8. The molecule has 0 fully saturated rings. The van der Waals surface area contributed by atoms with Crippen LogP contribution in [0.5, 0.6) is 5.75 Å². The van der Waals surface area contributed by atoms with Crippen molar-refractivity contribution in [3.63, 3.8) is 0 Å². The molecule has 0 unspecified atom stereocenters. The fourth-order valence-electron chi connectivity index (χ4n) is 2.64. The summed E-state index contributed by atoms with van der Waals surface area (Å²) in [5.74, 6) is -0.0312. The Labute approximate surface area is 178 Å². The zero-order valence-electron chi connectivity index (χ0n) is 15.5. The highest BCUT2D eigenvalue weighted by Crippen LogP contribution is 2.23. The van der Waals surface area contributed by atoms with Gasteiger partial charge in [0.05, 0.1) is 17.2 Å². The van der Waals surface area contributed by atoms with Gasteiger partial charge in [0.15, 0.2) is 0 Å². The van der Waals surface area contributed by atoms with Crippen LogP contribution in [0, 0.1) is 0 Å². The normalized spacial score (nSPS) is 10.3. The summed E-state index contributed by atoms with van der Waals surface area (Å²) >= 11 is 11.9. The highest BCUT2D eigenvalue weighted by Gasteiger charge is 2.12. The molecule has 0 radical (unpaired) electrons. The van der Waals surface area contributed by atoms with Gasteiger partial charge in [-0.1, -0.05) is 35.3 Å². The van der Waals surface area contributed by atoms with Crippen molar-refractivity contribution in [3.05, 3.63) is 87.9 Å². The number of nitrogens with one attached hydrogen (secondary N) is 2. The van der Waals surface area contributed by atoms with Crippen molar-refractivity contribution < 1.29 is 14.3 Å². The van der Waals surface area contributed by atoms with Gasteiger partial charge in [-0.2, -0.15) is 0 Å². The molecule has 2 N–H and O–H groups in total. The van der Waals surface area contributed by atoms with Crippen LogP contribution in [0.15, 0.2) is 66.7 Å². The highest BCUT2D eigenvalue weighted by molar-refractivity contribution is 6.37. The minimum atomic E-state index is -0.375. The van der Waals surface area contributed by atoms with Gasteiger partial charge in [-0.25, -0.2) is 0 Å². The van der Waals surface area contributed by atoms with E-state index in [4.69, 9.17) is 27.9 Å². The molecule has 2 amide bonds. The molecule has 0 aromatic heterocycles. The van der Waals surface area contributed by atoms with E-state index in [1.165, 1.54) is 6.07 Å². The molecule has 0 saturated carbocycles. The number of amides is 2. The summed E-state index contributed by atoms with van der Waals surface area (Å²) in [6.45, 7) is 2.40. The molecule has 0 aliphatic rings. The first-order chi connectivity index (χ1) is 14.0. The van der Waals surface area contributed by atoms with Gasteiger partial charge in [-0.15, -0.1) is 0 Å². The first-order valence-electron chi connectivity index (χ1n) is 8.87. The largest absolute Gasteiger partial charge is 0.494 e. The van der Waals surface area contributed by atoms with Crippen LogP contribution in [0.4, 0.5) is 11.4 Å². The number of rotatable bonds is 6. The Hall–Kier alpha value is -3.02. The van der Waals surface area contributed by atoms with E-state index in [9.17, 15) is 9.59 Å². The van der Waals surface area contributed by atoms with Crippen molar-refractivity contribution in [2.75, 3.05) is 17.2 Å². The Morgan fingerprint density at radius 2 is 1.55 bits per heavy atom. The number of halogens is 2. The molecule has 0 heterocycles. The van der Waals surface area contributed by atoms with Crippen LogP contribution in [-0.4, -0.2) is 18.4 Å². The monoisotopic (exact) mass is 428 g/mol. The fraction of sp³-hybridized carbons (Fsp3) is 0.0909. The topological polar surface area (TPSA) is 67.4 Å². The quantitative estimate of drug-likeness (QED) is 0.513. The van der Waals surface area contributed by atoms with E-state index in [0.29, 0.717) is 39.9 Å². The van der Waals surface area contributed by atoms with Crippen molar-refractivity contribution in [1.82, 2.24) is 0 Å². The van der Waals surface area contributed by atoms with E-state index in [1.807, 2.05) is 6.92 Å². The molecule has 0 spiro atoms. The first kappa shape index (κ1) is 20.7. The molecular formula is C22H18Cl2N2O3. The second-order valence-electron chi connectivity index (χ2n) is 6.07. The Bertz CT molecular complexity index is 1050. The zero-order valence-corrected chi connectivity index (χ0v) is 17.1. The Morgan fingerprint density at radius 1 is 0.862 bits per heavy atom. The molecule has 0 aliphatic carbocycles. The molecule has 29 heavy (non-hydrogen) atoms. The fourth-order valence-corrected chi connectivity index (χ4v) is 3.14.